The second kappa shape index (κ2) is 9.20. The minimum absolute atomic E-state index is 0.449. The quantitative estimate of drug-likeness (QED) is 0.599. The van der Waals surface area contributed by atoms with E-state index in [1.807, 2.05) is 0 Å². The maximum Gasteiger partial charge on any atom is 0.434 e. The molecule has 2 saturated heterocycles. The Balaban J connectivity index is 1.42. The largest absolute Gasteiger partial charge is 0.434 e. The number of guanidine groups is 1. The lowest BCUT2D eigenvalue weighted by Gasteiger charge is -2.29. The van der Waals surface area contributed by atoms with Gasteiger partial charge >= 0.3 is 6.18 Å². The summed E-state index contributed by atoms with van der Waals surface area (Å²) in [4.78, 5) is 12.7. The molecule has 2 aliphatic rings. The van der Waals surface area contributed by atoms with Crippen LogP contribution < -0.4 is 5.32 Å². The van der Waals surface area contributed by atoms with E-state index in [2.05, 4.69) is 25.1 Å². The highest BCUT2D eigenvalue weighted by atomic mass is 32.1. The number of likely N-dealkylation sites (tertiary alicyclic amines) is 1. The van der Waals surface area contributed by atoms with Crippen LogP contribution in [-0.2, 0) is 17.3 Å². The van der Waals surface area contributed by atoms with E-state index in [-0.39, 0.29) is 0 Å². The summed E-state index contributed by atoms with van der Waals surface area (Å²) in [5, 5.41) is 4.81. The molecular formula is C17H26F3N5OS. The van der Waals surface area contributed by atoms with Crippen molar-refractivity contribution in [3.8, 4) is 0 Å². The molecule has 0 aliphatic carbocycles. The lowest BCUT2D eigenvalue weighted by Crippen LogP contribution is -2.42. The van der Waals surface area contributed by atoms with E-state index < -0.39 is 11.9 Å². The predicted octanol–water partition coefficient (Wildman–Crippen LogP) is 1.93. The van der Waals surface area contributed by atoms with Gasteiger partial charge in [-0.25, -0.2) is 4.98 Å². The maximum absolute atomic E-state index is 12.6. The van der Waals surface area contributed by atoms with Crippen molar-refractivity contribution in [1.82, 2.24) is 20.1 Å². The van der Waals surface area contributed by atoms with Gasteiger partial charge in [-0.2, -0.15) is 13.2 Å². The molecule has 0 bridgehead atoms. The molecule has 1 aromatic heterocycles. The first kappa shape index (κ1) is 20.3. The van der Waals surface area contributed by atoms with Gasteiger partial charge in [-0.1, -0.05) is 0 Å². The van der Waals surface area contributed by atoms with E-state index in [0.29, 0.717) is 23.9 Å². The predicted molar refractivity (Wildman–Crippen MR) is 99.1 cm³/mol. The summed E-state index contributed by atoms with van der Waals surface area (Å²) in [6.45, 7) is 7.11. The first-order valence-corrected chi connectivity index (χ1v) is 10.1. The molecule has 0 spiro atoms. The van der Waals surface area contributed by atoms with Gasteiger partial charge in [0.2, 0.25) is 0 Å². The highest BCUT2D eigenvalue weighted by Gasteiger charge is 2.33. The molecule has 1 aromatic rings. The molecule has 0 aromatic carbocycles. The second-order valence-electron chi connectivity index (χ2n) is 6.86. The molecule has 152 valence electrons. The molecule has 0 amide bonds. The molecule has 1 unspecified atom stereocenters. The topological polar surface area (TPSA) is 53.0 Å². The van der Waals surface area contributed by atoms with Crippen molar-refractivity contribution >= 4 is 17.3 Å². The molecule has 0 radical (unpaired) electrons. The summed E-state index contributed by atoms with van der Waals surface area (Å²) in [5.74, 6) is 1.42. The van der Waals surface area contributed by atoms with Crippen LogP contribution in [0.25, 0.3) is 0 Å². The SMILES string of the molecule is CN=C(NCCc1nc(C(F)(F)F)cs1)N1CCC(CN2CCOCC2)C1. The minimum Gasteiger partial charge on any atom is -0.379 e. The standard InChI is InChI=1S/C17H26F3N5OS/c1-21-16(22-4-2-15-23-14(12-27-15)17(18,19)20)25-5-3-13(11-25)10-24-6-8-26-9-7-24/h12-13H,2-11H2,1H3,(H,21,22). The summed E-state index contributed by atoms with van der Waals surface area (Å²) in [6.07, 6.45) is -2.80. The van der Waals surface area contributed by atoms with Gasteiger partial charge in [0.1, 0.15) is 0 Å². The number of aliphatic imine (C=N–C) groups is 1. The zero-order valence-electron chi connectivity index (χ0n) is 15.5. The van der Waals surface area contributed by atoms with Gasteiger partial charge in [-0.05, 0) is 12.3 Å². The highest BCUT2D eigenvalue weighted by Crippen LogP contribution is 2.30. The number of nitrogens with one attached hydrogen (secondary N) is 1. The van der Waals surface area contributed by atoms with Crippen molar-refractivity contribution in [3.05, 3.63) is 16.1 Å². The minimum atomic E-state index is -4.37. The summed E-state index contributed by atoms with van der Waals surface area (Å²) >= 11 is 1.05. The fraction of sp³-hybridized carbons (Fsp3) is 0.765. The van der Waals surface area contributed by atoms with Crippen LogP contribution in [0.4, 0.5) is 13.2 Å². The number of hydrogen-bond acceptors (Lipinski definition) is 5. The first-order valence-electron chi connectivity index (χ1n) is 9.23. The number of nitrogens with zero attached hydrogens (tertiary/aromatic N) is 4. The Hall–Kier alpha value is -1.39. The third-order valence-electron chi connectivity index (χ3n) is 4.88. The van der Waals surface area contributed by atoms with E-state index in [0.717, 1.165) is 75.0 Å². The Morgan fingerprint density at radius 3 is 2.81 bits per heavy atom. The molecule has 3 rings (SSSR count). The number of rotatable bonds is 5. The Morgan fingerprint density at radius 2 is 2.15 bits per heavy atom. The van der Waals surface area contributed by atoms with Gasteiger partial charge in [0.15, 0.2) is 11.7 Å². The summed E-state index contributed by atoms with van der Waals surface area (Å²) in [6, 6.07) is 0. The van der Waals surface area contributed by atoms with Gasteiger partial charge in [0.05, 0.1) is 18.2 Å². The summed E-state index contributed by atoms with van der Waals surface area (Å²) in [7, 11) is 1.74. The number of ether oxygens (including phenoxy) is 1. The molecule has 27 heavy (non-hydrogen) atoms. The van der Waals surface area contributed by atoms with E-state index in [9.17, 15) is 13.2 Å². The van der Waals surface area contributed by atoms with Crippen LogP contribution >= 0.6 is 11.3 Å². The third-order valence-corrected chi connectivity index (χ3v) is 5.79. The molecule has 0 saturated carbocycles. The molecular weight excluding hydrogens is 379 g/mol. The average molecular weight is 405 g/mol. The summed E-state index contributed by atoms with van der Waals surface area (Å²) < 4.78 is 43.2. The maximum atomic E-state index is 12.6. The van der Waals surface area contributed by atoms with Crippen molar-refractivity contribution in [1.29, 1.82) is 0 Å². The van der Waals surface area contributed by atoms with E-state index in [1.54, 1.807) is 7.05 Å². The number of aromatic nitrogens is 1. The number of alkyl halides is 3. The molecule has 6 nitrogen and oxygen atoms in total. The molecule has 1 N–H and O–H groups in total. The number of thiazole rings is 1. The van der Waals surface area contributed by atoms with Crippen LogP contribution in [-0.4, -0.2) is 80.3 Å². The molecule has 2 fully saturated rings. The summed E-state index contributed by atoms with van der Waals surface area (Å²) in [5.41, 5.74) is -0.808. The van der Waals surface area contributed by atoms with E-state index in [1.165, 1.54) is 0 Å². The van der Waals surface area contributed by atoms with Crippen LogP contribution in [0.2, 0.25) is 0 Å². The van der Waals surface area contributed by atoms with E-state index in [4.69, 9.17) is 4.74 Å². The monoisotopic (exact) mass is 405 g/mol. The normalized spacial score (nSPS) is 22.4. The lowest BCUT2D eigenvalue weighted by molar-refractivity contribution is -0.140. The van der Waals surface area contributed by atoms with Gasteiger partial charge in [0.25, 0.3) is 0 Å². The van der Waals surface area contributed by atoms with Gasteiger partial charge in [0, 0.05) is 58.1 Å². The zero-order chi connectivity index (χ0) is 19.3. The van der Waals surface area contributed by atoms with Crippen LogP contribution in [0.5, 0.6) is 0 Å². The number of halogens is 3. The fourth-order valence-corrected chi connectivity index (χ4v) is 4.30. The van der Waals surface area contributed by atoms with Crippen molar-refractivity contribution in [2.45, 2.75) is 19.0 Å². The Morgan fingerprint density at radius 1 is 1.37 bits per heavy atom. The van der Waals surface area contributed by atoms with Gasteiger partial charge in [-0.3, -0.25) is 9.89 Å². The molecule has 10 heteroatoms. The van der Waals surface area contributed by atoms with Gasteiger partial charge < -0.3 is 15.0 Å². The van der Waals surface area contributed by atoms with Crippen LogP contribution in [0.3, 0.4) is 0 Å². The van der Waals surface area contributed by atoms with Crippen LogP contribution in [0.1, 0.15) is 17.1 Å². The smallest absolute Gasteiger partial charge is 0.379 e. The van der Waals surface area contributed by atoms with Crippen molar-refractivity contribution < 1.29 is 17.9 Å². The Kier molecular flexibility index (Phi) is 6.93. The number of hydrogen-bond donors (Lipinski definition) is 1. The molecule has 2 aliphatic heterocycles. The fourth-order valence-electron chi connectivity index (χ4n) is 3.49. The second-order valence-corrected chi connectivity index (χ2v) is 7.80. The van der Waals surface area contributed by atoms with Gasteiger partial charge in [-0.15, -0.1) is 11.3 Å². The Labute approximate surface area is 161 Å². The number of morpholine rings is 1. The lowest BCUT2D eigenvalue weighted by atomic mass is 10.1. The first-order chi connectivity index (χ1) is 13.0. The van der Waals surface area contributed by atoms with Crippen molar-refractivity contribution in [3.63, 3.8) is 0 Å². The molecule has 1 atom stereocenters. The van der Waals surface area contributed by atoms with E-state index >= 15 is 0 Å². The Bertz CT molecular complexity index is 630. The van der Waals surface area contributed by atoms with Crippen molar-refractivity contribution in [2.75, 3.05) is 59.5 Å². The zero-order valence-corrected chi connectivity index (χ0v) is 16.3. The molecule has 3 heterocycles. The average Bonchev–Trinajstić information content (AvgIpc) is 3.29. The van der Waals surface area contributed by atoms with Crippen LogP contribution in [0.15, 0.2) is 10.4 Å². The van der Waals surface area contributed by atoms with Crippen LogP contribution in [0, 0.1) is 5.92 Å². The highest BCUT2D eigenvalue weighted by molar-refractivity contribution is 7.09. The third kappa shape index (κ3) is 5.79. The van der Waals surface area contributed by atoms with Crippen molar-refractivity contribution in [2.24, 2.45) is 10.9 Å².